The Morgan fingerprint density at radius 1 is 1.16 bits per heavy atom. The van der Waals surface area contributed by atoms with Gasteiger partial charge in [0.15, 0.2) is 0 Å². The van der Waals surface area contributed by atoms with Gasteiger partial charge in [-0.3, -0.25) is 9.69 Å². The number of likely N-dealkylation sites (tertiary alicyclic amines) is 1. The second-order valence-corrected chi connectivity index (χ2v) is 10.8. The lowest BCUT2D eigenvalue weighted by Gasteiger charge is -2.56. The van der Waals surface area contributed by atoms with Crippen LogP contribution in [0.2, 0.25) is 0 Å². The summed E-state index contributed by atoms with van der Waals surface area (Å²) in [5, 5.41) is 7.11. The molecule has 170 valence electrons. The number of piperidine rings is 2. The van der Waals surface area contributed by atoms with Crippen LogP contribution in [0.3, 0.4) is 0 Å². The minimum atomic E-state index is -0.478. The number of hydrogen-bond donors (Lipinski definition) is 2. The molecule has 6 rings (SSSR count). The Kier molecular flexibility index (Phi) is 5.85. The summed E-state index contributed by atoms with van der Waals surface area (Å²) in [6, 6.07) is 19.6. The van der Waals surface area contributed by atoms with Gasteiger partial charge in [-0.2, -0.15) is 0 Å². The minimum absolute atomic E-state index is 0.193. The van der Waals surface area contributed by atoms with E-state index in [1.807, 2.05) is 18.2 Å². The van der Waals surface area contributed by atoms with Crippen LogP contribution in [-0.4, -0.2) is 42.0 Å². The molecular formula is C28H37N3O. The molecular weight excluding hydrogens is 394 g/mol. The van der Waals surface area contributed by atoms with Crippen LogP contribution in [0.1, 0.15) is 37.0 Å². The first-order valence-electron chi connectivity index (χ1n) is 12.3. The van der Waals surface area contributed by atoms with Crippen molar-refractivity contribution in [3.63, 3.8) is 0 Å². The molecule has 5 unspecified atom stereocenters. The molecule has 1 saturated carbocycles. The normalized spacial score (nSPS) is 31.2. The Morgan fingerprint density at radius 2 is 1.94 bits per heavy atom. The van der Waals surface area contributed by atoms with Crippen molar-refractivity contribution in [1.82, 2.24) is 15.5 Å². The Morgan fingerprint density at radius 3 is 2.69 bits per heavy atom. The van der Waals surface area contributed by atoms with Crippen molar-refractivity contribution in [2.24, 2.45) is 23.7 Å². The van der Waals surface area contributed by atoms with Crippen LogP contribution in [0.5, 0.6) is 0 Å². The number of carbonyl (C=O) groups is 1. The molecule has 4 bridgehead atoms. The van der Waals surface area contributed by atoms with Crippen LogP contribution in [0.25, 0.3) is 0 Å². The summed E-state index contributed by atoms with van der Waals surface area (Å²) in [6.07, 6.45) is 1.91. The molecule has 3 heterocycles. The summed E-state index contributed by atoms with van der Waals surface area (Å²) in [7, 11) is 0. The predicted molar refractivity (Wildman–Crippen MR) is 129 cm³/mol. The Hall–Kier alpha value is -2.17. The third-order valence-corrected chi connectivity index (χ3v) is 8.06. The first kappa shape index (κ1) is 21.7. The van der Waals surface area contributed by atoms with E-state index in [1.54, 1.807) is 0 Å². The molecule has 4 nitrogen and oxygen atoms in total. The zero-order valence-corrected chi connectivity index (χ0v) is 19.7. The molecule has 1 aliphatic carbocycles. The number of rotatable bonds is 7. The molecule has 32 heavy (non-hydrogen) atoms. The van der Waals surface area contributed by atoms with Crippen molar-refractivity contribution in [3.05, 3.63) is 71.3 Å². The number of nitrogens with one attached hydrogen (secondary N) is 2. The van der Waals surface area contributed by atoms with Gasteiger partial charge >= 0.3 is 0 Å². The van der Waals surface area contributed by atoms with Crippen LogP contribution in [0.15, 0.2) is 54.6 Å². The summed E-state index contributed by atoms with van der Waals surface area (Å²) in [4.78, 5) is 16.6. The van der Waals surface area contributed by atoms with Gasteiger partial charge in [0.25, 0.3) is 0 Å². The Bertz CT molecular complexity index is 958. The maximum Gasteiger partial charge on any atom is 0.240 e. The minimum Gasteiger partial charge on any atom is -0.350 e. The summed E-state index contributed by atoms with van der Waals surface area (Å²) < 4.78 is 0. The summed E-state index contributed by atoms with van der Waals surface area (Å²) >= 11 is 0. The van der Waals surface area contributed by atoms with Crippen molar-refractivity contribution >= 4 is 5.91 Å². The molecule has 0 radical (unpaired) electrons. The number of amides is 1. The molecule has 5 atom stereocenters. The van der Waals surface area contributed by atoms with E-state index in [-0.39, 0.29) is 11.8 Å². The third-order valence-electron chi connectivity index (χ3n) is 8.06. The Labute approximate surface area is 192 Å². The largest absolute Gasteiger partial charge is 0.350 e. The molecule has 4 heteroatoms. The molecule has 3 saturated heterocycles. The lowest BCUT2D eigenvalue weighted by molar-refractivity contribution is -0.138. The van der Waals surface area contributed by atoms with E-state index in [9.17, 15) is 4.79 Å². The van der Waals surface area contributed by atoms with Crippen LogP contribution in [0.4, 0.5) is 0 Å². The van der Waals surface area contributed by atoms with Crippen molar-refractivity contribution in [2.75, 3.05) is 19.6 Å². The fraction of sp³-hybridized carbons (Fsp3) is 0.536. The molecule has 4 fully saturated rings. The summed E-state index contributed by atoms with van der Waals surface area (Å²) in [6.45, 7) is 10.6. The Balaban J connectivity index is 1.45. The first-order valence-corrected chi connectivity index (χ1v) is 12.3. The highest BCUT2D eigenvalue weighted by atomic mass is 16.2. The molecule has 1 amide bonds. The maximum atomic E-state index is 13.9. The van der Waals surface area contributed by atoms with Gasteiger partial charge in [-0.15, -0.1) is 0 Å². The SMILES string of the molecule is Cc1cccc(CC2C3C4CNC2(C(=O)NCc2ccccc2)CC4CN3CC(C)C)c1. The highest BCUT2D eigenvalue weighted by Crippen LogP contribution is 2.53. The summed E-state index contributed by atoms with van der Waals surface area (Å²) in [5.74, 6) is 2.40. The molecule has 0 spiro atoms. The number of hydrogen-bond acceptors (Lipinski definition) is 3. The standard InChI is InChI=1S/C28H37N3O/c1-19(2)17-31-18-23-14-28(27(32)29-15-21-9-5-4-6-10-21)25(26(31)24(23)16-30-28)13-22-11-7-8-20(3)12-22/h4-12,19,23-26,30H,13-18H2,1-3H3,(H,29,32). The lowest BCUT2D eigenvalue weighted by Crippen LogP contribution is -2.74. The fourth-order valence-electron chi connectivity index (χ4n) is 6.85. The smallest absolute Gasteiger partial charge is 0.240 e. The highest BCUT2D eigenvalue weighted by Gasteiger charge is 2.64. The van der Waals surface area contributed by atoms with Gasteiger partial charge < -0.3 is 10.6 Å². The van der Waals surface area contributed by atoms with Crippen LogP contribution in [0, 0.1) is 30.6 Å². The molecule has 2 aromatic carbocycles. The van der Waals surface area contributed by atoms with E-state index in [0.29, 0.717) is 30.3 Å². The van der Waals surface area contributed by atoms with E-state index in [0.717, 1.165) is 38.0 Å². The van der Waals surface area contributed by atoms with Crippen molar-refractivity contribution in [1.29, 1.82) is 0 Å². The van der Waals surface area contributed by atoms with Crippen molar-refractivity contribution in [2.45, 2.75) is 51.7 Å². The van der Waals surface area contributed by atoms with Gasteiger partial charge in [-0.1, -0.05) is 74.0 Å². The van der Waals surface area contributed by atoms with Crippen molar-refractivity contribution < 1.29 is 4.79 Å². The van der Waals surface area contributed by atoms with Crippen molar-refractivity contribution in [3.8, 4) is 0 Å². The average Bonchev–Trinajstić information content (AvgIpc) is 3.07. The maximum absolute atomic E-state index is 13.9. The number of benzene rings is 2. The van der Waals surface area contributed by atoms with Crippen LogP contribution >= 0.6 is 0 Å². The lowest BCUT2D eigenvalue weighted by atomic mass is 9.58. The molecule has 2 N–H and O–H groups in total. The van der Waals surface area contributed by atoms with E-state index < -0.39 is 5.54 Å². The van der Waals surface area contributed by atoms with E-state index >= 15 is 0 Å². The zero-order chi connectivity index (χ0) is 22.3. The van der Waals surface area contributed by atoms with Gasteiger partial charge in [0.2, 0.25) is 5.91 Å². The second kappa shape index (κ2) is 8.64. The predicted octanol–water partition coefficient (Wildman–Crippen LogP) is 3.79. The van der Waals surface area contributed by atoms with Gasteiger partial charge in [0.1, 0.15) is 5.54 Å². The van der Waals surface area contributed by atoms with E-state index in [4.69, 9.17) is 0 Å². The second-order valence-electron chi connectivity index (χ2n) is 10.8. The quantitative estimate of drug-likeness (QED) is 0.701. The number of nitrogens with zero attached hydrogens (tertiary/aromatic N) is 1. The molecule has 0 aromatic heterocycles. The third kappa shape index (κ3) is 3.88. The molecule has 3 aliphatic heterocycles. The topological polar surface area (TPSA) is 44.4 Å². The van der Waals surface area contributed by atoms with Gasteiger partial charge in [-0.25, -0.2) is 0 Å². The monoisotopic (exact) mass is 431 g/mol. The molecule has 2 aromatic rings. The number of aryl methyl sites for hydroxylation is 1. The fourth-order valence-corrected chi connectivity index (χ4v) is 6.85. The van der Waals surface area contributed by atoms with Gasteiger partial charge in [0.05, 0.1) is 0 Å². The van der Waals surface area contributed by atoms with E-state index in [2.05, 4.69) is 72.7 Å². The average molecular weight is 432 g/mol. The van der Waals surface area contributed by atoms with E-state index in [1.165, 1.54) is 11.1 Å². The number of carbonyl (C=O) groups excluding carboxylic acids is 1. The van der Waals surface area contributed by atoms with Gasteiger partial charge in [-0.05, 0) is 48.6 Å². The first-order chi connectivity index (χ1) is 15.5. The van der Waals surface area contributed by atoms with Crippen LogP contribution < -0.4 is 10.6 Å². The number of fused-ring (bicyclic) bond motifs is 1. The highest BCUT2D eigenvalue weighted by molar-refractivity contribution is 5.87. The van der Waals surface area contributed by atoms with Gasteiger partial charge in [0, 0.05) is 38.1 Å². The zero-order valence-electron chi connectivity index (χ0n) is 19.7. The summed E-state index contributed by atoms with van der Waals surface area (Å²) in [5.41, 5.74) is 3.32. The molecule has 4 aliphatic rings. The van der Waals surface area contributed by atoms with Crippen LogP contribution in [-0.2, 0) is 17.8 Å².